The fraction of sp³-hybridized carbons (Fsp3) is 0.458. The molecule has 0 saturated carbocycles. The predicted octanol–water partition coefficient (Wildman–Crippen LogP) is 2.03. The first-order chi connectivity index (χ1) is 18.2. The molecule has 0 amide bonds. The van der Waals surface area contributed by atoms with Crippen LogP contribution in [0.3, 0.4) is 0 Å². The lowest BCUT2D eigenvalue weighted by Crippen LogP contribution is -2.55. The van der Waals surface area contributed by atoms with Crippen LogP contribution in [0.1, 0.15) is 25.7 Å². The molecule has 3 aromatic rings. The second-order valence-electron chi connectivity index (χ2n) is 8.08. The summed E-state index contributed by atoms with van der Waals surface area (Å²) in [6.07, 6.45) is -4.56. The molecule has 12 nitrogen and oxygen atoms in total. The number of alkyl halides is 1. The third kappa shape index (κ3) is 6.18. The third-order valence-electron chi connectivity index (χ3n) is 5.65. The van der Waals surface area contributed by atoms with E-state index < -0.39 is 42.7 Å². The topological polar surface area (TPSA) is 161 Å². The highest BCUT2D eigenvalue weighted by Crippen LogP contribution is 2.28. The van der Waals surface area contributed by atoms with Gasteiger partial charge in [-0.3, -0.25) is 4.57 Å². The first-order valence-electron chi connectivity index (χ1n) is 11.7. The Hall–Kier alpha value is -3.39. The summed E-state index contributed by atoms with van der Waals surface area (Å²) >= 11 is 5.84. The average molecular weight is 554 g/mol. The molecular formula is C24H29ClFN5O7. The van der Waals surface area contributed by atoms with Gasteiger partial charge in [0.25, 0.3) is 5.60 Å². The van der Waals surface area contributed by atoms with Crippen molar-refractivity contribution in [1.82, 2.24) is 19.5 Å². The van der Waals surface area contributed by atoms with Crippen molar-refractivity contribution in [1.29, 1.82) is 0 Å². The van der Waals surface area contributed by atoms with E-state index in [1.54, 1.807) is 44.2 Å². The summed E-state index contributed by atoms with van der Waals surface area (Å²) in [5, 5.41) is 10.6. The van der Waals surface area contributed by atoms with Crippen LogP contribution in [0.4, 0.5) is 10.2 Å². The van der Waals surface area contributed by atoms with Crippen molar-refractivity contribution in [2.24, 2.45) is 0 Å². The molecule has 0 saturated heterocycles. The number of ether oxygens (including phenoxy) is 4. The Morgan fingerprint density at radius 3 is 2.37 bits per heavy atom. The van der Waals surface area contributed by atoms with Crippen LogP contribution < -0.4 is 5.73 Å². The first-order valence-corrected chi connectivity index (χ1v) is 12.1. The van der Waals surface area contributed by atoms with E-state index in [1.807, 2.05) is 0 Å². The minimum absolute atomic E-state index is 0.0394. The summed E-state index contributed by atoms with van der Waals surface area (Å²) in [5.74, 6) is -2.06. The van der Waals surface area contributed by atoms with Crippen molar-refractivity contribution in [3.05, 3.63) is 47.5 Å². The van der Waals surface area contributed by atoms with Gasteiger partial charge in [-0.05, 0) is 31.0 Å². The zero-order valence-corrected chi connectivity index (χ0v) is 21.8. The van der Waals surface area contributed by atoms with E-state index in [0.717, 1.165) is 10.9 Å². The van der Waals surface area contributed by atoms with Gasteiger partial charge in [0.1, 0.15) is 17.7 Å². The van der Waals surface area contributed by atoms with E-state index in [0.29, 0.717) is 5.56 Å². The molecule has 3 N–H and O–H groups in total. The number of aromatic nitrogens is 4. The van der Waals surface area contributed by atoms with Gasteiger partial charge in [-0.2, -0.15) is 9.97 Å². The highest BCUT2D eigenvalue weighted by atomic mass is 35.5. The first kappa shape index (κ1) is 29.2. The maximum absolute atomic E-state index is 15.5. The maximum atomic E-state index is 15.5. The molecule has 0 spiro atoms. The van der Waals surface area contributed by atoms with Crippen LogP contribution in [-0.2, 0) is 35.0 Å². The van der Waals surface area contributed by atoms with Gasteiger partial charge in [-0.1, -0.05) is 30.3 Å². The molecule has 0 aliphatic rings. The number of halogens is 2. The SMILES string of the molecule is CCOC(=O)C(Cc1ccccc1)(OC[C@@H](OC)[C@@H](O)[C@H](F)n1cnc2c(N)nc(Cl)nc21)C(=O)OCC. The molecule has 3 rings (SSSR count). The van der Waals surface area contributed by atoms with E-state index in [1.165, 1.54) is 7.11 Å². The van der Waals surface area contributed by atoms with Gasteiger partial charge in [0.2, 0.25) is 11.6 Å². The summed E-state index contributed by atoms with van der Waals surface area (Å²) in [6, 6.07) is 8.61. The van der Waals surface area contributed by atoms with Crippen LogP contribution in [0, 0.1) is 0 Å². The Labute approximate surface area is 222 Å². The van der Waals surface area contributed by atoms with E-state index in [4.69, 9.17) is 36.3 Å². The maximum Gasteiger partial charge on any atom is 0.350 e. The quantitative estimate of drug-likeness (QED) is 0.181. The van der Waals surface area contributed by atoms with Gasteiger partial charge in [0.15, 0.2) is 11.5 Å². The molecule has 0 radical (unpaired) electrons. The number of benzene rings is 1. The standard InChI is InChI=1S/C24H29ClFN5O7/c1-4-36-21(33)24(22(34)37-5-2,11-14-9-7-6-8-10-14)38-12-15(35-3)17(32)18(26)31-13-28-16-19(27)29-23(25)30-20(16)31/h6-10,13,15,17-18,32H,4-5,11-12H2,1-3H3,(H2,27,29,30)/t15-,17-,18-/m1/s1. The van der Waals surface area contributed by atoms with Crippen LogP contribution in [0.15, 0.2) is 36.7 Å². The lowest BCUT2D eigenvalue weighted by molar-refractivity contribution is -0.199. The molecular weight excluding hydrogens is 525 g/mol. The number of hydrogen-bond acceptors (Lipinski definition) is 11. The number of imidazole rings is 1. The number of nitrogen functional groups attached to an aromatic ring is 1. The van der Waals surface area contributed by atoms with Gasteiger partial charge >= 0.3 is 11.9 Å². The van der Waals surface area contributed by atoms with E-state index in [9.17, 15) is 14.7 Å². The lowest BCUT2D eigenvalue weighted by atomic mass is 9.93. The minimum Gasteiger partial charge on any atom is -0.463 e. The number of carbonyl (C=O) groups is 2. The Kier molecular flexibility index (Phi) is 9.91. The number of anilines is 1. The van der Waals surface area contributed by atoms with Crippen molar-refractivity contribution in [2.75, 3.05) is 32.7 Å². The van der Waals surface area contributed by atoms with Gasteiger partial charge in [-0.25, -0.2) is 19.0 Å². The fourth-order valence-corrected chi connectivity index (χ4v) is 3.91. The molecule has 206 valence electrons. The summed E-state index contributed by atoms with van der Waals surface area (Å²) in [4.78, 5) is 37.9. The second kappa shape index (κ2) is 12.9. The van der Waals surface area contributed by atoms with Crippen molar-refractivity contribution in [3.63, 3.8) is 0 Å². The number of fused-ring (bicyclic) bond motifs is 1. The monoisotopic (exact) mass is 553 g/mol. The number of aliphatic hydroxyl groups is 1. The Morgan fingerprint density at radius 2 is 1.79 bits per heavy atom. The molecule has 14 heteroatoms. The molecule has 2 aromatic heterocycles. The van der Waals surface area contributed by atoms with Gasteiger partial charge in [0, 0.05) is 13.5 Å². The number of carbonyl (C=O) groups excluding carboxylic acids is 2. The molecule has 38 heavy (non-hydrogen) atoms. The van der Waals surface area contributed by atoms with Crippen molar-refractivity contribution >= 4 is 40.5 Å². The van der Waals surface area contributed by atoms with E-state index >= 15 is 4.39 Å². The molecule has 0 bridgehead atoms. The molecule has 2 heterocycles. The normalized spacial score (nSPS) is 14.2. The Bertz CT molecular complexity index is 1230. The highest BCUT2D eigenvalue weighted by Gasteiger charge is 2.51. The van der Waals surface area contributed by atoms with E-state index in [2.05, 4.69) is 15.0 Å². The third-order valence-corrected chi connectivity index (χ3v) is 5.82. The zero-order chi connectivity index (χ0) is 27.9. The number of hydrogen-bond donors (Lipinski definition) is 2. The summed E-state index contributed by atoms with van der Waals surface area (Å²) in [6.45, 7) is 2.48. The number of nitrogens with zero attached hydrogens (tertiary/aromatic N) is 4. The summed E-state index contributed by atoms with van der Waals surface area (Å²) in [5.41, 5.74) is 4.13. The van der Waals surface area contributed by atoms with Crippen LogP contribution in [0.5, 0.6) is 0 Å². The average Bonchev–Trinajstić information content (AvgIpc) is 3.32. The van der Waals surface area contributed by atoms with Crippen molar-refractivity contribution in [2.45, 2.75) is 44.4 Å². The molecule has 0 fully saturated rings. The highest BCUT2D eigenvalue weighted by molar-refractivity contribution is 6.28. The van der Waals surface area contributed by atoms with Crippen LogP contribution in [0.25, 0.3) is 11.2 Å². The van der Waals surface area contributed by atoms with Crippen LogP contribution in [-0.4, -0.2) is 81.3 Å². The van der Waals surface area contributed by atoms with Gasteiger partial charge < -0.3 is 29.8 Å². The number of methoxy groups -OCH3 is 1. The molecule has 0 aliphatic heterocycles. The van der Waals surface area contributed by atoms with Crippen LogP contribution >= 0.6 is 11.6 Å². The fourth-order valence-electron chi connectivity index (χ4n) is 3.74. The predicted molar refractivity (Wildman–Crippen MR) is 134 cm³/mol. The summed E-state index contributed by atoms with van der Waals surface area (Å²) in [7, 11) is 1.21. The number of aliphatic hydroxyl groups excluding tert-OH is 1. The van der Waals surface area contributed by atoms with Gasteiger partial charge in [0.05, 0.1) is 26.1 Å². The smallest absolute Gasteiger partial charge is 0.350 e. The number of esters is 2. The lowest BCUT2D eigenvalue weighted by Gasteiger charge is -2.32. The largest absolute Gasteiger partial charge is 0.463 e. The second-order valence-corrected chi connectivity index (χ2v) is 8.42. The zero-order valence-electron chi connectivity index (χ0n) is 21.0. The Balaban J connectivity index is 1.91. The van der Waals surface area contributed by atoms with Crippen molar-refractivity contribution in [3.8, 4) is 0 Å². The number of rotatable bonds is 13. The van der Waals surface area contributed by atoms with E-state index in [-0.39, 0.29) is 41.9 Å². The number of nitrogens with two attached hydrogens (primary N) is 1. The molecule has 1 aromatic carbocycles. The summed E-state index contributed by atoms with van der Waals surface area (Å²) < 4.78 is 37.9. The minimum atomic E-state index is -2.24. The molecule has 0 aliphatic carbocycles. The molecule has 3 atom stereocenters. The molecule has 0 unspecified atom stereocenters. The Morgan fingerprint density at radius 1 is 1.16 bits per heavy atom. The van der Waals surface area contributed by atoms with Crippen LogP contribution in [0.2, 0.25) is 5.28 Å². The van der Waals surface area contributed by atoms with Gasteiger partial charge in [-0.15, -0.1) is 0 Å². The van der Waals surface area contributed by atoms with Crippen molar-refractivity contribution < 1.29 is 38.0 Å².